The molecule has 3 rings (SSSR count). The number of aromatic nitrogens is 1. The van der Waals surface area contributed by atoms with Crippen molar-refractivity contribution in [3.8, 4) is 0 Å². The number of carbonyl (C=O) groups excluding carboxylic acids is 1. The van der Waals surface area contributed by atoms with Gasteiger partial charge >= 0.3 is 12.0 Å². The fourth-order valence-electron chi connectivity index (χ4n) is 3.61. The van der Waals surface area contributed by atoms with Gasteiger partial charge in [-0.05, 0) is 24.8 Å². The normalized spacial score (nSPS) is 22.3. The summed E-state index contributed by atoms with van der Waals surface area (Å²) in [5.41, 5.74) is 1.04. The standard InChI is InChI=1S/C16H21N3O4/c20-14-4-1-3-13-12-7-11(9-19(13)14)8-18(10-12)16(23)17-6-2-5-15(21)22/h1,3-4,11-12H,2,5-10H2,(H,17,23)(H,21,22)/t11-,12+/m1/s1. The first-order valence-electron chi connectivity index (χ1n) is 7.99. The molecule has 0 spiro atoms. The average molecular weight is 319 g/mol. The summed E-state index contributed by atoms with van der Waals surface area (Å²) in [6.07, 6.45) is 1.49. The summed E-state index contributed by atoms with van der Waals surface area (Å²) in [4.78, 5) is 36.5. The molecule has 0 saturated carbocycles. The van der Waals surface area contributed by atoms with Crippen LogP contribution in [0.1, 0.15) is 30.9 Å². The van der Waals surface area contributed by atoms with Crippen molar-refractivity contribution in [3.05, 3.63) is 34.2 Å². The zero-order valence-electron chi connectivity index (χ0n) is 12.9. The Bertz CT molecular complexity index is 670. The lowest BCUT2D eigenvalue weighted by atomic mass is 9.83. The van der Waals surface area contributed by atoms with E-state index in [4.69, 9.17) is 5.11 Å². The van der Waals surface area contributed by atoms with Gasteiger partial charge in [-0.2, -0.15) is 0 Å². The number of hydrogen-bond donors (Lipinski definition) is 2. The number of hydrogen-bond acceptors (Lipinski definition) is 3. The highest BCUT2D eigenvalue weighted by Crippen LogP contribution is 2.34. The lowest BCUT2D eigenvalue weighted by molar-refractivity contribution is -0.137. The number of carboxylic acid groups (broad SMARTS) is 1. The van der Waals surface area contributed by atoms with Gasteiger partial charge in [0, 0.05) is 50.3 Å². The first-order chi connectivity index (χ1) is 11.0. The topological polar surface area (TPSA) is 91.6 Å². The number of fused-ring (bicyclic) bond motifs is 4. The van der Waals surface area contributed by atoms with Gasteiger partial charge in [0.2, 0.25) is 0 Å². The molecular weight excluding hydrogens is 298 g/mol. The van der Waals surface area contributed by atoms with E-state index in [-0.39, 0.29) is 23.9 Å². The molecular formula is C16H21N3O4. The molecule has 2 aliphatic heterocycles. The molecule has 23 heavy (non-hydrogen) atoms. The Hall–Kier alpha value is -2.31. The van der Waals surface area contributed by atoms with Crippen LogP contribution in [0.4, 0.5) is 4.79 Å². The van der Waals surface area contributed by atoms with Crippen LogP contribution < -0.4 is 10.9 Å². The minimum Gasteiger partial charge on any atom is -0.481 e. The molecule has 1 aromatic heterocycles. The maximum Gasteiger partial charge on any atom is 0.317 e. The van der Waals surface area contributed by atoms with E-state index < -0.39 is 5.97 Å². The highest BCUT2D eigenvalue weighted by atomic mass is 16.4. The Balaban J connectivity index is 1.62. The van der Waals surface area contributed by atoms with Gasteiger partial charge in [-0.15, -0.1) is 0 Å². The molecule has 2 N–H and O–H groups in total. The molecule has 1 fully saturated rings. The van der Waals surface area contributed by atoms with E-state index in [0.29, 0.717) is 38.5 Å². The number of amides is 2. The molecule has 124 valence electrons. The van der Waals surface area contributed by atoms with Crippen molar-refractivity contribution in [1.82, 2.24) is 14.8 Å². The maximum absolute atomic E-state index is 12.3. The van der Waals surface area contributed by atoms with E-state index in [1.165, 1.54) is 0 Å². The van der Waals surface area contributed by atoms with Crippen molar-refractivity contribution in [2.45, 2.75) is 31.7 Å². The third kappa shape index (κ3) is 3.38. The average Bonchev–Trinajstić information content (AvgIpc) is 2.52. The Kier molecular flexibility index (Phi) is 4.36. The maximum atomic E-state index is 12.3. The predicted molar refractivity (Wildman–Crippen MR) is 83.4 cm³/mol. The molecule has 2 atom stereocenters. The number of carboxylic acids is 1. The SMILES string of the molecule is O=C(O)CCCNC(=O)N1C[C@H]2C[C@@H](C1)c1cccc(=O)n1C2. The quantitative estimate of drug-likeness (QED) is 0.805. The van der Waals surface area contributed by atoms with Crippen LogP contribution >= 0.6 is 0 Å². The smallest absolute Gasteiger partial charge is 0.317 e. The van der Waals surface area contributed by atoms with E-state index in [9.17, 15) is 14.4 Å². The van der Waals surface area contributed by atoms with Crippen LogP contribution in [0.5, 0.6) is 0 Å². The minimum absolute atomic E-state index is 0.0313. The molecule has 2 aliphatic rings. The molecule has 0 radical (unpaired) electrons. The molecule has 1 aromatic rings. The molecule has 7 heteroatoms. The summed E-state index contributed by atoms with van der Waals surface area (Å²) in [5.74, 6) is -0.360. The predicted octanol–water partition coefficient (Wildman–Crippen LogP) is 0.842. The van der Waals surface area contributed by atoms with Gasteiger partial charge in [0.15, 0.2) is 0 Å². The summed E-state index contributed by atoms with van der Waals surface area (Å²) < 4.78 is 1.83. The Labute approximate surface area is 133 Å². The van der Waals surface area contributed by atoms with Crippen molar-refractivity contribution in [3.63, 3.8) is 0 Å². The fourth-order valence-corrected chi connectivity index (χ4v) is 3.61. The van der Waals surface area contributed by atoms with E-state index in [1.807, 2.05) is 10.6 Å². The van der Waals surface area contributed by atoms with Gasteiger partial charge in [0.25, 0.3) is 5.56 Å². The molecule has 1 saturated heterocycles. The van der Waals surface area contributed by atoms with Crippen LogP contribution in [-0.2, 0) is 11.3 Å². The lowest BCUT2D eigenvalue weighted by Gasteiger charge is -2.42. The number of urea groups is 1. The molecule has 2 bridgehead atoms. The summed E-state index contributed by atoms with van der Waals surface area (Å²) in [5, 5.41) is 11.4. The van der Waals surface area contributed by atoms with Crippen molar-refractivity contribution in [2.75, 3.05) is 19.6 Å². The van der Waals surface area contributed by atoms with E-state index >= 15 is 0 Å². The second-order valence-electron chi connectivity index (χ2n) is 6.33. The molecule has 3 heterocycles. The van der Waals surface area contributed by atoms with Gasteiger partial charge < -0.3 is 19.9 Å². The van der Waals surface area contributed by atoms with Crippen molar-refractivity contribution in [2.24, 2.45) is 5.92 Å². The summed E-state index contributed by atoms with van der Waals surface area (Å²) in [7, 11) is 0. The van der Waals surface area contributed by atoms with Gasteiger partial charge in [-0.1, -0.05) is 6.07 Å². The third-order valence-corrected chi connectivity index (χ3v) is 4.61. The molecule has 2 amide bonds. The van der Waals surface area contributed by atoms with Crippen LogP contribution in [0, 0.1) is 5.92 Å². The third-order valence-electron chi connectivity index (χ3n) is 4.61. The number of rotatable bonds is 4. The Morgan fingerprint density at radius 1 is 1.26 bits per heavy atom. The first-order valence-corrected chi connectivity index (χ1v) is 7.99. The second-order valence-corrected chi connectivity index (χ2v) is 6.33. The molecule has 7 nitrogen and oxygen atoms in total. The highest BCUT2D eigenvalue weighted by molar-refractivity contribution is 5.74. The zero-order chi connectivity index (χ0) is 16.4. The number of nitrogens with zero attached hydrogens (tertiary/aromatic N) is 2. The highest BCUT2D eigenvalue weighted by Gasteiger charge is 2.36. The van der Waals surface area contributed by atoms with Crippen LogP contribution in [0.25, 0.3) is 0 Å². The van der Waals surface area contributed by atoms with Gasteiger partial charge in [-0.25, -0.2) is 4.79 Å². The first kappa shape index (κ1) is 15.6. The minimum atomic E-state index is -0.853. The van der Waals surface area contributed by atoms with E-state index in [2.05, 4.69) is 5.32 Å². The number of pyridine rings is 1. The summed E-state index contributed by atoms with van der Waals surface area (Å²) in [6, 6.07) is 5.18. The van der Waals surface area contributed by atoms with Crippen LogP contribution in [0.3, 0.4) is 0 Å². The van der Waals surface area contributed by atoms with Crippen LogP contribution in [0.2, 0.25) is 0 Å². The number of nitrogens with one attached hydrogen (secondary N) is 1. The number of likely N-dealkylation sites (tertiary alicyclic amines) is 1. The number of aliphatic carboxylic acids is 1. The Morgan fingerprint density at radius 3 is 2.87 bits per heavy atom. The Morgan fingerprint density at radius 2 is 2.09 bits per heavy atom. The summed E-state index contributed by atoms with van der Waals surface area (Å²) >= 11 is 0. The molecule has 0 unspecified atom stereocenters. The van der Waals surface area contributed by atoms with Gasteiger partial charge in [-0.3, -0.25) is 9.59 Å². The van der Waals surface area contributed by atoms with Crippen molar-refractivity contribution in [1.29, 1.82) is 0 Å². The number of carbonyl (C=O) groups is 2. The molecule has 0 aliphatic carbocycles. The molecule has 0 aromatic carbocycles. The van der Waals surface area contributed by atoms with Crippen LogP contribution in [0.15, 0.2) is 23.0 Å². The van der Waals surface area contributed by atoms with Crippen molar-refractivity contribution >= 4 is 12.0 Å². The number of piperidine rings is 1. The van der Waals surface area contributed by atoms with Crippen LogP contribution in [-0.4, -0.2) is 46.2 Å². The fraction of sp³-hybridized carbons (Fsp3) is 0.562. The monoisotopic (exact) mass is 319 g/mol. The van der Waals surface area contributed by atoms with E-state index in [0.717, 1.165) is 12.1 Å². The van der Waals surface area contributed by atoms with Gasteiger partial charge in [0.1, 0.15) is 0 Å². The van der Waals surface area contributed by atoms with Gasteiger partial charge in [0.05, 0.1) is 0 Å². The largest absolute Gasteiger partial charge is 0.481 e. The lowest BCUT2D eigenvalue weighted by Crippen LogP contribution is -2.52. The van der Waals surface area contributed by atoms with Crippen molar-refractivity contribution < 1.29 is 14.7 Å². The summed E-state index contributed by atoms with van der Waals surface area (Å²) in [6.45, 7) is 2.27. The zero-order valence-corrected chi connectivity index (χ0v) is 12.9. The van der Waals surface area contributed by atoms with E-state index in [1.54, 1.807) is 17.0 Å². The second kappa shape index (κ2) is 6.44.